The zero-order valence-corrected chi connectivity index (χ0v) is 34.4. The van der Waals surface area contributed by atoms with Gasteiger partial charge in [0.25, 0.3) is 17.7 Å². The van der Waals surface area contributed by atoms with Gasteiger partial charge in [0.1, 0.15) is 29.1 Å². The Morgan fingerprint density at radius 2 is 1.84 bits per heavy atom. The average Bonchev–Trinajstić information content (AvgIpc) is 3.58. The number of esters is 1. The normalized spacial score (nSPS) is 22.4. The van der Waals surface area contributed by atoms with Gasteiger partial charge in [-0.05, 0) is 61.0 Å². The minimum atomic E-state index is -3.16. The summed E-state index contributed by atoms with van der Waals surface area (Å²) in [6, 6.07) is 12.1. The molecule has 3 amide bonds. The van der Waals surface area contributed by atoms with Crippen molar-refractivity contribution in [1.82, 2.24) is 25.0 Å². The Hall–Kier alpha value is -7.32. The van der Waals surface area contributed by atoms with Crippen molar-refractivity contribution in [2.24, 2.45) is 0 Å². The molecule has 0 saturated carbocycles. The highest BCUT2D eigenvalue weighted by Crippen LogP contribution is 2.54. The van der Waals surface area contributed by atoms with Crippen molar-refractivity contribution in [2.75, 3.05) is 52.4 Å². The van der Waals surface area contributed by atoms with Crippen LogP contribution in [0.3, 0.4) is 0 Å². The SMILES string of the molecule is N#C[C@@H]1CC(F)(F)CN1C(=O)CNC(=O)c1ccnc2ccc(OCCCN3CCN(C(=O)c4ccc5c(c4)C(=O)OC54C5=C(C=C(O)CC=C5)OC5=C4C=CC(O)=CC5)CC3)cc12. The molecule has 1 spiro atoms. The maximum absolute atomic E-state index is 13.9. The summed E-state index contributed by atoms with van der Waals surface area (Å²) in [5, 5.41) is 33.0. The smallest absolute Gasteiger partial charge is 0.340 e. The van der Waals surface area contributed by atoms with Crippen LogP contribution < -0.4 is 10.1 Å². The van der Waals surface area contributed by atoms with Crippen molar-refractivity contribution >= 4 is 34.6 Å². The lowest BCUT2D eigenvalue weighted by Crippen LogP contribution is -2.49. The van der Waals surface area contributed by atoms with E-state index >= 15 is 0 Å². The van der Waals surface area contributed by atoms with E-state index in [1.807, 2.05) is 0 Å². The van der Waals surface area contributed by atoms with Crippen LogP contribution in [0.4, 0.5) is 8.78 Å². The highest BCUT2D eigenvalue weighted by Gasteiger charge is 2.55. The predicted molar refractivity (Wildman–Crippen MR) is 225 cm³/mol. The van der Waals surface area contributed by atoms with Gasteiger partial charge in [0.05, 0.1) is 48.2 Å². The number of hydrogen-bond acceptors (Lipinski definition) is 12. The second kappa shape index (κ2) is 16.8. The van der Waals surface area contributed by atoms with Gasteiger partial charge in [-0.2, -0.15) is 5.26 Å². The Morgan fingerprint density at radius 3 is 2.66 bits per heavy atom. The average molecular weight is 873 g/mol. The summed E-state index contributed by atoms with van der Waals surface area (Å²) in [4.78, 5) is 62.5. The van der Waals surface area contributed by atoms with Gasteiger partial charge >= 0.3 is 5.97 Å². The molecule has 0 radical (unpaired) electrons. The van der Waals surface area contributed by atoms with Gasteiger partial charge in [0, 0.05) is 91.9 Å². The molecule has 1 aromatic heterocycles. The van der Waals surface area contributed by atoms with Crippen LogP contribution in [-0.4, -0.2) is 118 Å². The molecular weight excluding hydrogens is 831 g/mol. The van der Waals surface area contributed by atoms with Gasteiger partial charge in [-0.25, -0.2) is 13.6 Å². The van der Waals surface area contributed by atoms with Crippen LogP contribution in [-0.2, 0) is 19.9 Å². The molecule has 4 aliphatic heterocycles. The highest BCUT2D eigenvalue weighted by molar-refractivity contribution is 6.07. The van der Waals surface area contributed by atoms with Crippen LogP contribution >= 0.6 is 0 Å². The molecule has 17 heteroatoms. The number of aliphatic hydroxyl groups is 2. The van der Waals surface area contributed by atoms with E-state index in [1.54, 1.807) is 71.7 Å². The van der Waals surface area contributed by atoms with Gasteiger partial charge < -0.3 is 39.5 Å². The minimum absolute atomic E-state index is 0.0289. The number of hydrogen-bond donors (Lipinski definition) is 3. The van der Waals surface area contributed by atoms with E-state index in [1.165, 1.54) is 24.4 Å². The summed E-state index contributed by atoms with van der Waals surface area (Å²) >= 11 is 0. The number of nitrogens with zero attached hydrogens (tertiary/aromatic N) is 5. The van der Waals surface area contributed by atoms with Crippen LogP contribution in [0, 0.1) is 11.3 Å². The molecular formula is C47H42F2N6O9. The molecule has 5 heterocycles. The van der Waals surface area contributed by atoms with Crippen molar-refractivity contribution < 1.29 is 52.4 Å². The van der Waals surface area contributed by atoms with E-state index in [-0.39, 0.29) is 41.4 Å². The number of nitriles is 1. The third kappa shape index (κ3) is 7.85. The number of benzene rings is 2. The Bertz CT molecular complexity index is 2730. The van der Waals surface area contributed by atoms with Crippen molar-refractivity contribution in [2.45, 2.75) is 43.2 Å². The largest absolute Gasteiger partial charge is 0.512 e. The van der Waals surface area contributed by atoms with Gasteiger partial charge in [-0.3, -0.25) is 24.3 Å². The maximum Gasteiger partial charge on any atom is 0.340 e. The summed E-state index contributed by atoms with van der Waals surface area (Å²) in [7, 11) is 0. The molecule has 3 aromatic rings. The molecule has 2 fully saturated rings. The van der Waals surface area contributed by atoms with Gasteiger partial charge in [-0.15, -0.1) is 0 Å². The highest BCUT2D eigenvalue weighted by atomic mass is 19.3. The van der Waals surface area contributed by atoms with E-state index in [9.17, 15) is 43.4 Å². The second-order valence-corrected chi connectivity index (χ2v) is 16.2. The van der Waals surface area contributed by atoms with Crippen LogP contribution in [0.1, 0.15) is 62.3 Å². The Morgan fingerprint density at radius 1 is 1.02 bits per heavy atom. The first-order chi connectivity index (χ1) is 30.8. The lowest BCUT2D eigenvalue weighted by atomic mass is 9.76. The molecule has 1 unspecified atom stereocenters. The summed E-state index contributed by atoms with van der Waals surface area (Å²) in [5.74, 6) is -4.00. The number of ether oxygens (including phenoxy) is 3. The number of carbonyl (C=O) groups is 4. The van der Waals surface area contributed by atoms with Crippen molar-refractivity contribution in [3.8, 4) is 11.8 Å². The topological polar surface area (TPSA) is 195 Å². The molecule has 2 aliphatic carbocycles. The van der Waals surface area contributed by atoms with Gasteiger partial charge in [0.2, 0.25) is 5.91 Å². The second-order valence-electron chi connectivity index (χ2n) is 16.2. The van der Waals surface area contributed by atoms with E-state index in [0.29, 0.717) is 96.2 Å². The molecule has 2 saturated heterocycles. The summed E-state index contributed by atoms with van der Waals surface area (Å²) in [6.07, 6.45) is 11.7. The Labute approximate surface area is 365 Å². The van der Waals surface area contributed by atoms with Crippen molar-refractivity contribution in [3.63, 3.8) is 0 Å². The van der Waals surface area contributed by atoms with E-state index in [2.05, 4.69) is 15.2 Å². The van der Waals surface area contributed by atoms with Gasteiger partial charge in [-0.1, -0.05) is 18.2 Å². The minimum Gasteiger partial charge on any atom is -0.512 e. The summed E-state index contributed by atoms with van der Waals surface area (Å²) in [5.41, 5.74) is 1.45. The van der Waals surface area contributed by atoms with Crippen LogP contribution in [0.25, 0.3) is 10.9 Å². The zero-order valence-electron chi connectivity index (χ0n) is 34.4. The standard InChI is InChI=1S/C47H42F2N6O9/c48-46(49)24-29(25-50)55(27-46)42(58)26-52-43(59)33-13-14-51-39-11-8-32(23-34(33)39)62-20-2-15-53-16-18-54(19-17-53)44(60)28-5-9-36-35(21-28)45(61)64-47(36)37-4-1-3-31(57)22-41(37)63-40-12-7-30(56)6-10-38(40)47/h1,4-11,13-14,21-23,29,56-57H,2-3,12,15-20,24,26-27H2,(H,52,59)/t29-,47?/m0/s1. The summed E-state index contributed by atoms with van der Waals surface area (Å²) < 4.78 is 46.2. The lowest BCUT2D eigenvalue weighted by molar-refractivity contribution is -0.131. The lowest BCUT2D eigenvalue weighted by Gasteiger charge is -2.37. The number of piperazine rings is 1. The molecule has 9 rings (SSSR count). The number of rotatable bonds is 9. The third-order valence-electron chi connectivity index (χ3n) is 12.1. The zero-order chi connectivity index (χ0) is 44.8. The first-order valence-corrected chi connectivity index (χ1v) is 20.9. The quantitative estimate of drug-likeness (QED) is 0.177. The van der Waals surface area contributed by atoms with E-state index in [0.717, 1.165) is 4.90 Å². The number of fused-ring (bicyclic) bond motifs is 5. The number of halogens is 2. The van der Waals surface area contributed by atoms with Crippen LogP contribution in [0.2, 0.25) is 0 Å². The Balaban J connectivity index is 0.798. The van der Waals surface area contributed by atoms with E-state index < -0.39 is 54.9 Å². The number of carbonyl (C=O) groups excluding carboxylic acids is 4. The number of amides is 3. The van der Waals surface area contributed by atoms with Gasteiger partial charge in [0.15, 0.2) is 5.60 Å². The molecule has 2 atom stereocenters. The molecule has 328 valence electrons. The molecule has 6 aliphatic rings. The molecule has 15 nitrogen and oxygen atoms in total. The number of alkyl halides is 2. The number of nitrogens with one attached hydrogen (secondary N) is 1. The molecule has 0 bridgehead atoms. The number of likely N-dealkylation sites (tertiary alicyclic amines) is 1. The maximum atomic E-state index is 13.9. The molecule has 64 heavy (non-hydrogen) atoms. The van der Waals surface area contributed by atoms with E-state index in [4.69, 9.17) is 14.2 Å². The van der Waals surface area contributed by atoms with Crippen molar-refractivity contribution in [3.05, 3.63) is 142 Å². The first-order valence-electron chi connectivity index (χ1n) is 20.9. The monoisotopic (exact) mass is 872 g/mol. The predicted octanol–water partition coefficient (Wildman–Crippen LogP) is 5.66. The molecule has 3 N–H and O–H groups in total. The van der Waals surface area contributed by atoms with Crippen LogP contribution in [0.15, 0.2) is 119 Å². The summed E-state index contributed by atoms with van der Waals surface area (Å²) in [6.45, 7) is 1.81. The fourth-order valence-corrected chi connectivity index (χ4v) is 8.97. The number of aromatic nitrogens is 1. The Kier molecular flexibility index (Phi) is 11.0. The first kappa shape index (κ1) is 42.0. The number of aliphatic hydroxyl groups excluding tert-OH is 2. The fourth-order valence-electron chi connectivity index (χ4n) is 8.97. The van der Waals surface area contributed by atoms with Crippen molar-refractivity contribution in [1.29, 1.82) is 5.26 Å². The van der Waals surface area contributed by atoms with Crippen LogP contribution in [0.5, 0.6) is 5.75 Å². The fraction of sp³-hybridized carbons (Fsp3) is 0.319. The molecule has 2 aromatic carbocycles. The number of allylic oxidation sites excluding steroid dienone is 4. The third-order valence-corrected chi connectivity index (χ3v) is 12.1. The number of pyridine rings is 1.